The summed E-state index contributed by atoms with van der Waals surface area (Å²) < 4.78 is 10.5. The Morgan fingerprint density at radius 3 is 2.56 bits per heavy atom. The fourth-order valence-electron chi connectivity index (χ4n) is 3.00. The minimum atomic E-state index is -0.269. The minimum absolute atomic E-state index is 0.169. The summed E-state index contributed by atoms with van der Waals surface area (Å²) in [6, 6.07) is 4.06. The van der Waals surface area contributed by atoms with Crippen LogP contribution in [0.25, 0.3) is 0 Å². The third kappa shape index (κ3) is 5.44. The minimum Gasteiger partial charge on any atom is -0.469 e. The number of ether oxygens (including phenoxy) is 2. The molecule has 0 N–H and O–H groups in total. The predicted octanol–water partition coefficient (Wildman–Crippen LogP) is 4.86. The lowest BCUT2D eigenvalue weighted by Gasteiger charge is -2.18. The second kappa shape index (κ2) is 9.72. The van der Waals surface area contributed by atoms with Crippen LogP contribution in [0.3, 0.4) is 0 Å². The summed E-state index contributed by atoms with van der Waals surface area (Å²) in [5, 5.41) is 4.03. The molecule has 1 aliphatic carbocycles. The Labute approximate surface area is 167 Å². The highest BCUT2D eigenvalue weighted by Crippen LogP contribution is 2.33. The Morgan fingerprint density at radius 2 is 1.78 bits per heavy atom. The van der Waals surface area contributed by atoms with Gasteiger partial charge in [-0.15, -0.1) is 22.7 Å². The van der Waals surface area contributed by atoms with Gasteiger partial charge in [-0.1, -0.05) is 24.7 Å². The van der Waals surface area contributed by atoms with Gasteiger partial charge in [0.2, 0.25) is 0 Å². The zero-order valence-electron chi connectivity index (χ0n) is 15.3. The molecule has 0 bridgehead atoms. The molecule has 0 saturated carbocycles. The molecule has 2 aromatic rings. The summed E-state index contributed by atoms with van der Waals surface area (Å²) in [7, 11) is 1.40. The van der Waals surface area contributed by atoms with Gasteiger partial charge >= 0.3 is 11.9 Å². The first-order valence-corrected chi connectivity index (χ1v) is 10.9. The molecule has 0 aliphatic heterocycles. The normalized spacial score (nSPS) is 14.8. The molecule has 142 valence electrons. The number of carbonyl (C=O) groups excluding carboxylic acids is 2. The summed E-state index contributed by atoms with van der Waals surface area (Å²) >= 11 is 3.22. The molecule has 27 heavy (non-hydrogen) atoms. The van der Waals surface area contributed by atoms with Crippen LogP contribution in [0.5, 0.6) is 0 Å². The zero-order chi connectivity index (χ0) is 19.1. The lowest BCUT2D eigenvalue weighted by atomic mass is 10.0. The predicted molar refractivity (Wildman–Crippen MR) is 107 cm³/mol. The summed E-state index contributed by atoms with van der Waals surface area (Å²) in [6.07, 6.45) is 4.62. The second-order valence-corrected chi connectivity index (χ2v) is 8.26. The van der Waals surface area contributed by atoms with Gasteiger partial charge in [0.1, 0.15) is 6.10 Å². The Morgan fingerprint density at radius 1 is 1.04 bits per heavy atom. The van der Waals surface area contributed by atoms with Crippen molar-refractivity contribution in [3.63, 3.8) is 0 Å². The van der Waals surface area contributed by atoms with Crippen molar-refractivity contribution in [1.82, 2.24) is 0 Å². The van der Waals surface area contributed by atoms with Crippen LogP contribution in [-0.4, -0.2) is 19.0 Å². The van der Waals surface area contributed by atoms with Gasteiger partial charge in [-0.25, -0.2) is 0 Å². The first kappa shape index (κ1) is 19.7. The third-order valence-electron chi connectivity index (χ3n) is 4.46. The molecule has 0 saturated heterocycles. The summed E-state index contributed by atoms with van der Waals surface area (Å²) in [4.78, 5) is 25.5. The lowest BCUT2D eigenvalue weighted by molar-refractivity contribution is -0.149. The highest BCUT2D eigenvalue weighted by atomic mass is 32.1. The maximum Gasteiger partial charge on any atom is 0.306 e. The molecular weight excluding hydrogens is 380 g/mol. The van der Waals surface area contributed by atoms with Crippen LogP contribution in [0.2, 0.25) is 0 Å². The number of hydrogen-bond donors (Lipinski definition) is 0. The summed E-state index contributed by atoms with van der Waals surface area (Å²) in [5.41, 5.74) is 2.10. The molecular formula is C21H22O4S2. The highest BCUT2D eigenvalue weighted by molar-refractivity contribution is 7.11. The maximum atomic E-state index is 12.4. The van der Waals surface area contributed by atoms with Crippen molar-refractivity contribution >= 4 is 34.6 Å². The number of unbranched alkanes of at least 4 members (excludes halogenated alkanes) is 3. The van der Waals surface area contributed by atoms with Gasteiger partial charge in [0.25, 0.3) is 0 Å². The van der Waals surface area contributed by atoms with Gasteiger partial charge in [-0.2, -0.15) is 0 Å². The van der Waals surface area contributed by atoms with E-state index in [4.69, 9.17) is 4.74 Å². The third-order valence-corrected chi connectivity index (χ3v) is 6.34. The van der Waals surface area contributed by atoms with Gasteiger partial charge in [0, 0.05) is 24.8 Å². The molecule has 0 radical (unpaired) electrons. The highest BCUT2D eigenvalue weighted by Gasteiger charge is 2.24. The number of fused-ring (bicyclic) bond motifs is 2. The Hall–Kier alpha value is -2.10. The van der Waals surface area contributed by atoms with Gasteiger partial charge in [-0.3, -0.25) is 9.59 Å². The van der Waals surface area contributed by atoms with Crippen molar-refractivity contribution in [3.05, 3.63) is 43.8 Å². The number of carbonyl (C=O) groups is 2. The smallest absolute Gasteiger partial charge is 0.306 e. The molecule has 1 unspecified atom stereocenters. The van der Waals surface area contributed by atoms with E-state index in [1.165, 1.54) is 7.11 Å². The topological polar surface area (TPSA) is 52.6 Å². The van der Waals surface area contributed by atoms with Crippen LogP contribution in [-0.2, 0) is 25.5 Å². The SMILES string of the molecule is COC(=O)CCCCCCC(=O)OC1Cc2ccsc2C#Cc2ccsc21. The largest absolute Gasteiger partial charge is 0.469 e. The van der Waals surface area contributed by atoms with Gasteiger partial charge in [0.05, 0.1) is 16.9 Å². The van der Waals surface area contributed by atoms with E-state index in [0.29, 0.717) is 19.3 Å². The van der Waals surface area contributed by atoms with E-state index in [2.05, 4.69) is 22.6 Å². The molecule has 1 atom stereocenters. The van der Waals surface area contributed by atoms with Crippen LogP contribution in [0.4, 0.5) is 0 Å². The van der Waals surface area contributed by atoms with Gasteiger partial charge in [0.15, 0.2) is 0 Å². The zero-order valence-corrected chi connectivity index (χ0v) is 16.9. The van der Waals surface area contributed by atoms with Gasteiger partial charge < -0.3 is 9.47 Å². The fraction of sp³-hybridized carbons (Fsp3) is 0.429. The molecule has 6 heteroatoms. The molecule has 0 aromatic carbocycles. The van der Waals surface area contributed by atoms with Crippen molar-refractivity contribution in [2.45, 2.75) is 51.0 Å². The summed E-state index contributed by atoms with van der Waals surface area (Å²) in [6.45, 7) is 0. The molecule has 1 aliphatic rings. The summed E-state index contributed by atoms with van der Waals surface area (Å²) in [5.74, 6) is 6.09. The molecule has 4 nitrogen and oxygen atoms in total. The van der Waals surface area contributed by atoms with E-state index in [-0.39, 0.29) is 18.0 Å². The molecule has 0 amide bonds. The molecule has 2 heterocycles. The molecule has 0 fully saturated rings. The first-order valence-electron chi connectivity index (χ1n) is 9.09. The molecule has 3 rings (SSSR count). The quantitative estimate of drug-likeness (QED) is 0.359. The Balaban J connectivity index is 1.51. The van der Waals surface area contributed by atoms with E-state index >= 15 is 0 Å². The van der Waals surface area contributed by atoms with Crippen LogP contribution in [0.1, 0.15) is 65.5 Å². The Kier molecular flexibility index (Phi) is 7.08. The number of rotatable bonds is 8. The standard InChI is InChI=1S/C21H22O4S2/c1-24-19(22)6-4-2-3-5-7-20(23)25-17-14-16-11-12-26-18(16)9-8-15-10-13-27-21(15)17/h10-13,17H,2-7,14H2,1H3. The first-order chi connectivity index (χ1) is 13.2. The average Bonchev–Trinajstić information content (AvgIpc) is 3.29. The van der Waals surface area contributed by atoms with Gasteiger partial charge in [-0.05, 0) is 41.3 Å². The molecule has 2 aromatic heterocycles. The fourth-order valence-corrected chi connectivity index (χ4v) is 4.66. The molecule has 0 spiro atoms. The number of hydrogen-bond acceptors (Lipinski definition) is 6. The number of esters is 2. The van der Waals surface area contributed by atoms with Crippen molar-refractivity contribution in [3.8, 4) is 11.8 Å². The number of methoxy groups -OCH3 is 1. The van der Waals surface area contributed by atoms with Crippen molar-refractivity contribution in [2.24, 2.45) is 0 Å². The maximum absolute atomic E-state index is 12.4. The van der Waals surface area contributed by atoms with Crippen molar-refractivity contribution in [2.75, 3.05) is 7.11 Å². The Bertz CT molecular complexity index is 853. The van der Waals surface area contributed by atoms with Crippen LogP contribution < -0.4 is 0 Å². The monoisotopic (exact) mass is 402 g/mol. The van der Waals surface area contributed by atoms with E-state index in [9.17, 15) is 9.59 Å². The van der Waals surface area contributed by atoms with Crippen LogP contribution in [0, 0.1) is 11.8 Å². The van der Waals surface area contributed by atoms with E-state index in [0.717, 1.165) is 46.6 Å². The van der Waals surface area contributed by atoms with Crippen LogP contribution >= 0.6 is 22.7 Å². The average molecular weight is 403 g/mol. The van der Waals surface area contributed by atoms with Crippen molar-refractivity contribution in [1.29, 1.82) is 0 Å². The second-order valence-electron chi connectivity index (χ2n) is 6.40. The lowest BCUT2D eigenvalue weighted by Crippen LogP contribution is -2.14. The van der Waals surface area contributed by atoms with Crippen molar-refractivity contribution < 1.29 is 19.1 Å². The van der Waals surface area contributed by atoms with E-state index in [1.54, 1.807) is 22.7 Å². The van der Waals surface area contributed by atoms with E-state index in [1.807, 2.05) is 16.8 Å². The van der Waals surface area contributed by atoms with E-state index < -0.39 is 0 Å². The number of thiophene rings is 2. The van der Waals surface area contributed by atoms with Crippen LogP contribution in [0.15, 0.2) is 22.9 Å².